The van der Waals surface area contributed by atoms with Crippen molar-refractivity contribution in [2.75, 3.05) is 12.8 Å². The second-order valence-electron chi connectivity index (χ2n) is 9.09. The molecule has 0 aliphatic rings. The number of H-pyrrole nitrogens is 1. The van der Waals surface area contributed by atoms with Crippen molar-refractivity contribution in [3.8, 4) is 11.3 Å². The normalized spacial score (nSPS) is 11.8. The number of unbranched alkanes of at least 4 members (excludes halogenated alkanes) is 1. The van der Waals surface area contributed by atoms with Crippen LogP contribution in [0, 0.1) is 0 Å². The van der Waals surface area contributed by atoms with Gasteiger partial charge in [-0.05, 0) is 54.5 Å². The van der Waals surface area contributed by atoms with E-state index in [0.717, 1.165) is 34.4 Å². The lowest BCUT2D eigenvalue weighted by molar-refractivity contribution is 0.0935. The number of hydrogen-bond donors (Lipinski definition) is 3. The Balaban J connectivity index is 1.24. The number of nitrogens with one attached hydrogen (secondary N) is 3. The second kappa shape index (κ2) is 12.7. The van der Waals surface area contributed by atoms with Crippen LogP contribution < -0.4 is 10.6 Å². The number of thioether (sulfide) groups is 1. The first kappa shape index (κ1) is 26.6. The Morgan fingerprint density at radius 3 is 2.62 bits per heavy atom. The van der Waals surface area contributed by atoms with Gasteiger partial charge >= 0.3 is 0 Å². The number of benzene rings is 3. The molecule has 5 rings (SSSR count). The molecule has 5 aromatic rings. The Bertz CT molecular complexity index is 1560. The molecule has 2 aromatic heterocycles. The molecule has 3 aromatic carbocycles. The first-order chi connectivity index (χ1) is 19.1. The van der Waals surface area contributed by atoms with Gasteiger partial charge in [0.1, 0.15) is 10.7 Å². The molecule has 0 spiro atoms. The van der Waals surface area contributed by atoms with E-state index < -0.39 is 0 Å². The molecule has 0 bridgehead atoms. The molecule has 7 nitrogen and oxygen atoms in total. The first-order valence-corrected chi connectivity index (χ1v) is 14.9. The molecular formula is C30H29N5O2S2. The maximum absolute atomic E-state index is 12.9. The summed E-state index contributed by atoms with van der Waals surface area (Å²) < 4.78 is 0. The average molecular weight is 556 g/mol. The third-order valence-corrected chi connectivity index (χ3v) is 8.07. The number of rotatable bonds is 11. The van der Waals surface area contributed by atoms with Crippen molar-refractivity contribution in [3.63, 3.8) is 0 Å². The number of imidazole rings is 1. The molecule has 9 heteroatoms. The minimum absolute atomic E-state index is 0.0685. The highest BCUT2D eigenvalue weighted by Crippen LogP contribution is 2.26. The van der Waals surface area contributed by atoms with Crippen molar-refractivity contribution in [1.82, 2.24) is 25.6 Å². The summed E-state index contributed by atoms with van der Waals surface area (Å²) in [5, 5.41) is 8.48. The molecule has 39 heavy (non-hydrogen) atoms. The van der Waals surface area contributed by atoms with Gasteiger partial charge in [-0.25, -0.2) is 4.98 Å². The number of fused-ring (bicyclic) bond motifs is 1. The number of amides is 2. The number of thiazole rings is 1. The van der Waals surface area contributed by atoms with Crippen molar-refractivity contribution < 1.29 is 9.59 Å². The van der Waals surface area contributed by atoms with Crippen LogP contribution in [0.25, 0.3) is 22.0 Å². The van der Waals surface area contributed by atoms with Gasteiger partial charge in [-0.1, -0.05) is 48.5 Å². The average Bonchev–Trinajstić information content (AvgIpc) is 3.69. The van der Waals surface area contributed by atoms with Crippen LogP contribution in [0.4, 0.5) is 0 Å². The summed E-state index contributed by atoms with van der Waals surface area (Å²) in [7, 11) is 0. The molecule has 0 aliphatic carbocycles. The van der Waals surface area contributed by atoms with Crippen LogP contribution in [0.2, 0.25) is 0 Å². The fraction of sp³-hybridized carbons (Fsp3) is 0.200. The number of aromatic amines is 1. The summed E-state index contributed by atoms with van der Waals surface area (Å²) >= 11 is 2.86. The molecule has 0 saturated heterocycles. The van der Waals surface area contributed by atoms with Crippen molar-refractivity contribution in [2.24, 2.45) is 0 Å². The zero-order valence-electron chi connectivity index (χ0n) is 21.5. The smallest absolute Gasteiger partial charge is 0.263 e. The van der Waals surface area contributed by atoms with Gasteiger partial charge in [0.15, 0.2) is 0 Å². The van der Waals surface area contributed by atoms with E-state index >= 15 is 0 Å². The first-order valence-electron chi connectivity index (χ1n) is 12.8. The van der Waals surface area contributed by atoms with Crippen molar-refractivity contribution in [3.05, 3.63) is 101 Å². The van der Waals surface area contributed by atoms with Crippen LogP contribution in [0.3, 0.4) is 0 Å². The third-order valence-electron chi connectivity index (χ3n) is 6.50. The number of carbonyl (C=O) groups excluding carboxylic acids is 2. The van der Waals surface area contributed by atoms with E-state index in [2.05, 4.69) is 55.9 Å². The highest BCUT2D eigenvalue weighted by Gasteiger charge is 2.20. The van der Waals surface area contributed by atoms with Gasteiger partial charge in [0.2, 0.25) is 0 Å². The van der Waals surface area contributed by atoms with Gasteiger partial charge in [-0.3, -0.25) is 14.6 Å². The molecule has 198 valence electrons. The molecule has 0 fully saturated rings. The zero-order valence-corrected chi connectivity index (χ0v) is 23.1. The lowest BCUT2D eigenvalue weighted by Gasteiger charge is -2.16. The Kier molecular flexibility index (Phi) is 8.70. The Labute approximate surface area is 235 Å². The maximum atomic E-state index is 12.9. The van der Waals surface area contributed by atoms with Gasteiger partial charge in [-0.15, -0.1) is 23.1 Å². The number of aromatic nitrogens is 3. The monoisotopic (exact) mass is 555 g/mol. The molecule has 2 heterocycles. The molecule has 1 atom stereocenters. The fourth-order valence-corrected chi connectivity index (χ4v) is 5.57. The van der Waals surface area contributed by atoms with Crippen molar-refractivity contribution >= 4 is 45.7 Å². The summed E-state index contributed by atoms with van der Waals surface area (Å²) in [6.45, 7) is 0.553. The van der Waals surface area contributed by atoms with Crippen LogP contribution in [0.5, 0.6) is 0 Å². The molecule has 2 amide bonds. The van der Waals surface area contributed by atoms with E-state index in [1.807, 2.05) is 48.9 Å². The predicted molar refractivity (Wildman–Crippen MR) is 158 cm³/mol. The quantitative estimate of drug-likeness (QED) is 0.128. The van der Waals surface area contributed by atoms with Gasteiger partial charge < -0.3 is 15.6 Å². The van der Waals surface area contributed by atoms with Gasteiger partial charge in [-0.2, -0.15) is 0 Å². The maximum Gasteiger partial charge on any atom is 0.263 e. The van der Waals surface area contributed by atoms with Crippen molar-refractivity contribution in [1.29, 1.82) is 0 Å². The highest BCUT2D eigenvalue weighted by molar-refractivity contribution is 7.98. The lowest BCUT2D eigenvalue weighted by Crippen LogP contribution is -2.29. The number of hydrogen-bond acceptors (Lipinski definition) is 6. The third kappa shape index (κ3) is 6.55. The molecule has 0 saturated carbocycles. The Hall–Kier alpha value is -3.95. The Morgan fingerprint density at radius 2 is 1.79 bits per heavy atom. The SMILES string of the molecule is CSc1ccccc1C(=O)NCCCC[C@@H](NC(=O)c1cncs1)c1ncc(-c2ccc3ccccc3c2)[nH]1. The molecule has 3 N–H and O–H groups in total. The van der Waals surface area contributed by atoms with E-state index in [-0.39, 0.29) is 17.9 Å². The second-order valence-corrected chi connectivity index (χ2v) is 10.8. The van der Waals surface area contributed by atoms with Gasteiger partial charge in [0.25, 0.3) is 11.8 Å². The van der Waals surface area contributed by atoms with Crippen LogP contribution in [0.15, 0.2) is 89.5 Å². The zero-order chi connectivity index (χ0) is 27.0. The van der Waals surface area contributed by atoms with Gasteiger partial charge in [0, 0.05) is 17.0 Å². The van der Waals surface area contributed by atoms with E-state index in [1.54, 1.807) is 23.5 Å². The highest BCUT2D eigenvalue weighted by atomic mass is 32.2. The van der Waals surface area contributed by atoms with E-state index in [1.165, 1.54) is 16.7 Å². The van der Waals surface area contributed by atoms with E-state index in [9.17, 15) is 9.59 Å². The van der Waals surface area contributed by atoms with Crippen LogP contribution in [-0.4, -0.2) is 39.6 Å². The largest absolute Gasteiger partial charge is 0.352 e. The van der Waals surface area contributed by atoms with E-state index in [0.29, 0.717) is 29.2 Å². The number of carbonyl (C=O) groups is 2. The van der Waals surface area contributed by atoms with Gasteiger partial charge in [0.05, 0.1) is 35.2 Å². The molecular weight excluding hydrogens is 526 g/mol. The lowest BCUT2D eigenvalue weighted by atomic mass is 10.1. The van der Waals surface area contributed by atoms with E-state index in [4.69, 9.17) is 0 Å². The molecule has 0 unspecified atom stereocenters. The summed E-state index contributed by atoms with van der Waals surface area (Å²) in [4.78, 5) is 39.1. The predicted octanol–water partition coefficient (Wildman–Crippen LogP) is 6.48. The minimum atomic E-state index is -0.304. The summed E-state index contributed by atoms with van der Waals surface area (Å²) in [5.74, 6) is 0.461. The standard InChI is InChI=1S/C30H29N5O2S2/c1-38-26-12-5-4-10-23(26)29(36)32-15-7-6-11-24(35-30(37)27-18-31-19-39-27)28-33-17-25(34-28)22-14-13-20-8-2-3-9-21(20)16-22/h2-5,8-10,12-14,16-19,24H,6-7,11,15H2,1H3,(H,32,36)(H,33,34)(H,35,37)/t24-/m1/s1. The van der Waals surface area contributed by atoms with Crippen LogP contribution in [0.1, 0.15) is 51.2 Å². The topological polar surface area (TPSA) is 99.8 Å². The van der Waals surface area contributed by atoms with Crippen LogP contribution >= 0.6 is 23.1 Å². The fourth-order valence-electron chi connectivity index (χ4n) is 4.45. The summed E-state index contributed by atoms with van der Waals surface area (Å²) in [5.41, 5.74) is 4.27. The van der Waals surface area contributed by atoms with Crippen molar-refractivity contribution in [2.45, 2.75) is 30.2 Å². The minimum Gasteiger partial charge on any atom is -0.352 e. The molecule has 0 aliphatic heterocycles. The number of nitrogens with zero attached hydrogens (tertiary/aromatic N) is 2. The van der Waals surface area contributed by atoms with Crippen LogP contribution in [-0.2, 0) is 0 Å². The summed E-state index contributed by atoms with van der Waals surface area (Å²) in [6.07, 6.45) is 7.60. The molecule has 0 radical (unpaired) electrons. The summed E-state index contributed by atoms with van der Waals surface area (Å²) in [6, 6.07) is 21.8. The Morgan fingerprint density at radius 1 is 0.974 bits per heavy atom.